The lowest BCUT2D eigenvalue weighted by Gasteiger charge is -2.18. The Kier molecular flexibility index (Phi) is 10.8. The lowest BCUT2D eigenvalue weighted by molar-refractivity contribution is -0.143. The highest BCUT2D eigenvalue weighted by molar-refractivity contribution is 5.85. The summed E-state index contributed by atoms with van der Waals surface area (Å²) in [6.45, 7) is 9.98. The van der Waals surface area contributed by atoms with Gasteiger partial charge in [-0.2, -0.15) is 0 Å². The van der Waals surface area contributed by atoms with Gasteiger partial charge in [-0.25, -0.2) is 4.39 Å². The average Bonchev–Trinajstić information content (AvgIpc) is 2.65. The third-order valence-corrected chi connectivity index (χ3v) is 5.04. The summed E-state index contributed by atoms with van der Waals surface area (Å²) in [5, 5.41) is 0. The van der Waals surface area contributed by atoms with E-state index < -0.39 is 17.8 Å². The fraction of sp³-hybridized carbons (Fsp3) is 0.400. The number of allylic oxidation sites excluding steroid dienone is 1. The molecule has 2 aromatic rings. The van der Waals surface area contributed by atoms with Crippen LogP contribution in [0.5, 0.6) is 0 Å². The van der Waals surface area contributed by atoms with Gasteiger partial charge in [0.2, 0.25) is 0 Å². The van der Waals surface area contributed by atoms with Gasteiger partial charge in [0.25, 0.3) is 0 Å². The molecule has 0 radical (unpaired) electrons. The maximum Gasteiger partial charge on any atom is 0.307 e. The molecule has 0 spiro atoms. The Hall–Kier alpha value is -2.17. The minimum atomic E-state index is -0.740. The normalized spacial score (nSPS) is 11.5. The van der Waals surface area contributed by atoms with Crippen molar-refractivity contribution >= 4 is 18.4 Å². The van der Waals surface area contributed by atoms with Gasteiger partial charge in [-0.15, -0.1) is 19.0 Å². The summed E-state index contributed by atoms with van der Waals surface area (Å²) in [6, 6.07) is 8.62. The molecular formula is C25H33ClFNO2. The number of esters is 1. The number of carbonyl (C=O) groups is 1. The molecule has 30 heavy (non-hydrogen) atoms. The molecule has 2 aromatic carbocycles. The Morgan fingerprint density at radius 3 is 2.63 bits per heavy atom. The van der Waals surface area contributed by atoms with Crippen molar-refractivity contribution in [1.82, 2.24) is 0 Å². The molecule has 0 aliphatic heterocycles. The topological polar surface area (TPSA) is 52.3 Å². The van der Waals surface area contributed by atoms with Crippen LogP contribution >= 0.6 is 12.4 Å². The number of hydrogen-bond acceptors (Lipinski definition) is 3. The number of aryl methyl sites for hydroxylation is 3. The summed E-state index contributed by atoms with van der Waals surface area (Å²) < 4.78 is 19.4. The highest BCUT2D eigenvalue weighted by atomic mass is 35.5. The van der Waals surface area contributed by atoms with Gasteiger partial charge in [0.15, 0.2) is 0 Å². The Bertz CT molecular complexity index is 866. The molecule has 0 saturated heterocycles. The molecule has 164 valence electrons. The van der Waals surface area contributed by atoms with Crippen molar-refractivity contribution in [3.05, 3.63) is 71.1 Å². The zero-order chi connectivity index (χ0) is 21.4. The number of halogens is 2. The van der Waals surface area contributed by atoms with Crippen molar-refractivity contribution in [2.75, 3.05) is 6.61 Å². The molecule has 0 bridgehead atoms. The molecule has 2 rings (SSSR count). The number of unbranched alkanes of at least 4 members (excludes halogenated alkanes) is 2. The zero-order valence-corrected chi connectivity index (χ0v) is 19.0. The Labute approximate surface area is 185 Å². The summed E-state index contributed by atoms with van der Waals surface area (Å²) in [5.74, 6) is -0.818. The fourth-order valence-corrected chi connectivity index (χ4v) is 3.76. The summed E-state index contributed by atoms with van der Waals surface area (Å²) in [4.78, 5) is 11.8. The van der Waals surface area contributed by atoms with Gasteiger partial charge in [0.05, 0.1) is 13.0 Å². The molecule has 1 atom stereocenters. The molecule has 3 nitrogen and oxygen atoms in total. The van der Waals surface area contributed by atoms with Crippen LogP contribution in [0.3, 0.4) is 0 Å². The van der Waals surface area contributed by atoms with Crippen LogP contribution < -0.4 is 5.73 Å². The summed E-state index contributed by atoms with van der Waals surface area (Å²) in [6.07, 6.45) is 6.01. The summed E-state index contributed by atoms with van der Waals surface area (Å²) in [5.41, 5.74) is 12.2. The average molecular weight is 434 g/mol. The SMILES string of the molecule is C=CCCCCc1cc(C)cc(C)c1-c1ccc(F)c([C@@H](N)CC(=O)OCC)c1.Cl. The maximum atomic E-state index is 14.5. The minimum absolute atomic E-state index is 0. The lowest BCUT2D eigenvalue weighted by Crippen LogP contribution is -2.18. The van der Waals surface area contributed by atoms with E-state index in [1.54, 1.807) is 19.1 Å². The molecule has 0 aliphatic carbocycles. The number of carbonyl (C=O) groups excluding carboxylic acids is 1. The third-order valence-electron chi connectivity index (χ3n) is 5.04. The second-order valence-electron chi connectivity index (χ2n) is 7.50. The number of ether oxygens (including phenoxy) is 1. The van der Waals surface area contributed by atoms with Crippen molar-refractivity contribution < 1.29 is 13.9 Å². The second-order valence-corrected chi connectivity index (χ2v) is 7.50. The van der Waals surface area contributed by atoms with E-state index in [-0.39, 0.29) is 25.4 Å². The molecule has 0 amide bonds. The van der Waals surface area contributed by atoms with Gasteiger partial charge in [-0.3, -0.25) is 4.79 Å². The quantitative estimate of drug-likeness (QED) is 0.268. The first-order chi connectivity index (χ1) is 13.9. The monoisotopic (exact) mass is 433 g/mol. The van der Waals surface area contributed by atoms with Crippen LogP contribution in [0.1, 0.15) is 60.9 Å². The van der Waals surface area contributed by atoms with Crippen LogP contribution in [0.25, 0.3) is 11.1 Å². The van der Waals surface area contributed by atoms with E-state index in [1.807, 2.05) is 6.08 Å². The lowest BCUT2D eigenvalue weighted by atomic mass is 9.88. The van der Waals surface area contributed by atoms with E-state index in [0.29, 0.717) is 5.56 Å². The van der Waals surface area contributed by atoms with Crippen LogP contribution in [-0.4, -0.2) is 12.6 Å². The largest absolute Gasteiger partial charge is 0.466 e. The van der Waals surface area contributed by atoms with E-state index in [4.69, 9.17) is 10.5 Å². The minimum Gasteiger partial charge on any atom is -0.466 e. The highest BCUT2D eigenvalue weighted by Gasteiger charge is 2.18. The third kappa shape index (κ3) is 6.96. The van der Waals surface area contributed by atoms with Gasteiger partial charge in [-0.05, 0) is 80.8 Å². The fourth-order valence-electron chi connectivity index (χ4n) is 3.76. The van der Waals surface area contributed by atoms with Crippen LogP contribution in [0, 0.1) is 19.7 Å². The van der Waals surface area contributed by atoms with Crippen LogP contribution in [-0.2, 0) is 16.0 Å². The summed E-state index contributed by atoms with van der Waals surface area (Å²) in [7, 11) is 0. The van der Waals surface area contributed by atoms with E-state index >= 15 is 0 Å². The first kappa shape index (κ1) is 25.9. The molecule has 0 unspecified atom stereocenters. The molecule has 0 heterocycles. The van der Waals surface area contributed by atoms with Crippen molar-refractivity contribution in [3.8, 4) is 11.1 Å². The van der Waals surface area contributed by atoms with Crippen LogP contribution in [0.15, 0.2) is 43.0 Å². The first-order valence-electron chi connectivity index (χ1n) is 10.3. The van der Waals surface area contributed by atoms with Crippen LogP contribution in [0.2, 0.25) is 0 Å². The second kappa shape index (κ2) is 12.5. The van der Waals surface area contributed by atoms with Gasteiger partial charge >= 0.3 is 5.97 Å². The number of nitrogens with two attached hydrogens (primary N) is 1. The summed E-state index contributed by atoms with van der Waals surface area (Å²) >= 11 is 0. The van der Waals surface area contributed by atoms with E-state index in [0.717, 1.165) is 42.4 Å². The number of rotatable bonds is 10. The van der Waals surface area contributed by atoms with Crippen molar-refractivity contribution in [1.29, 1.82) is 0 Å². The van der Waals surface area contributed by atoms with Gasteiger partial charge in [-0.1, -0.05) is 29.8 Å². The standard InChI is InChI=1S/C25H32FNO2.ClH/c1-5-7-8-9-10-19-14-17(3)13-18(4)25(19)20-11-12-22(26)21(15-20)23(27)16-24(28)29-6-2;/h5,11-15,23H,1,6-10,16,27H2,2-4H3;1H/t23-;/m0./s1. The molecule has 0 aromatic heterocycles. The molecule has 5 heteroatoms. The predicted molar refractivity (Wildman–Crippen MR) is 124 cm³/mol. The molecular weight excluding hydrogens is 401 g/mol. The van der Waals surface area contributed by atoms with Crippen molar-refractivity contribution in [2.45, 2.75) is 58.9 Å². The van der Waals surface area contributed by atoms with E-state index in [1.165, 1.54) is 17.2 Å². The number of hydrogen-bond donors (Lipinski definition) is 1. The first-order valence-corrected chi connectivity index (χ1v) is 10.3. The molecule has 0 fully saturated rings. The van der Waals surface area contributed by atoms with Gasteiger partial charge < -0.3 is 10.5 Å². The predicted octanol–water partition coefficient (Wildman–Crippen LogP) is 6.38. The van der Waals surface area contributed by atoms with Crippen LogP contribution in [0.4, 0.5) is 4.39 Å². The van der Waals surface area contributed by atoms with Crippen molar-refractivity contribution in [2.24, 2.45) is 5.73 Å². The zero-order valence-electron chi connectivity index (χ0n) is 18.2. The van der Waals surface area contributed by atoms with Gasteiger partial charge in [0, 0.05) is 11.6 Å². The molecule has 0 saturated carbocycles. The Morgan fingerprint density at radius 1 is 1.23 bits per heavy atom. The van der Waals surface area contributed by atoms with E-state index in [2.05, 4.69) is 32.6 Å². The Balaban J connectivity index is 0.00000450. The van der Waals surface area contributed by atoms with Crippen molar-refractivity contribution in [3.63, 3.8) is 0 Å². The molecule has 0 aliphatic rings. The van der Waals surface area contributed by atoms with E-state index in [9.17, 15) is 9.18 Å². The smallest absolute Gasteiger partial charge is 0.307 e. The molecule has 2 N–H and O–H groups in total. The maximum absolute atomic E-state index is 14.5. The highest BCUT2D eigenvalue weighted by Crippen LogP contribution is 2.33. The Morgan fingerprint density at radius 2 is 1.97 bits per heavy atom. The number of benzene rings is 2. The van der Waals surface area contributed by atoms with Gasteiger partial charge in [0.1, 0.15) is 5.82 Å².